The van der Waals surface area contributed by atoms with E-state index in [0.717, 1.165) is 18.6 Å². The second kappa shape index (κ2) is 4.39. The van der Waals surface area contributed by atoms with Crippen LogP contribution in [0.5, 0.6) is 0 Å². The van der Waals surface area contributed by atoms with Crippen LogP contribution in [-0.4, -0.2) is 29.3 Å². The first kappa shape index (κ1) is 12.9. The van der Waals surface area contributed by atoms with Gasteiger partial charge in [-0.3, -0.25) is 0 Å². The fraction of sp³-hybridized carbons (Fsp3) is 0.200. The van der Waals surface area contributed by atoms with Crippen molar-refractivity contribution >= 4 is 25.8 Å². The van der Waals surface area contributed by atoms with Gasteiger partial charge in [-0.25, -0.2) is 16.8 Å². The van der Waals surface area contributed by atoms with Gasteiger partial charge < -0.3 is 0 Å². The monoisotopic (exact) mass is 260 g/mol. The highest BCUT2D eigenvalue weighted by molar-refractivity contribution is 8.14. The van der Waals surface area contributed by atoms with Gasteiger partial charge in [0.25, 0.3) is 0 Å². The van der Waals surface area contributed by atoms with E-state index in [1.54, 1.807) is 30.3 Å². The Labute approximate surface area is 95.5 Å². The van der Waals surface area contributed by atoms with Gasteiger partial charge >= 0.3 is 0 Å². The maximum absolute atomic E-state index is 11.3. The zero-order valence-electron chi connectivity index (χ0n) is 8.91. The van der Waals surface area contributed by atoms with Crippen LogP contribution in [0.25, 0.3) is 6.08 Å². The molecule has 1 aromatic rings. The predicted molar refractivity (Wildman–Crippen MR) is 64.1 cm³/mol. The van der Waals surface area contributed by atoms with Crippen LogP contribution < -0.4 is 0 Å². The number of hydrogen-bond donors (Lipinski definition) is 0. The summed E-state index contributed by atoms with van der Waals surface area (Å²) in [5.41, 5.74) is 0.536. The fourth-order valence-electron chi connectivity index (χ4n) is 1.17. The quantitative estimate of drug-likeness (QED) is 0.815. The molecule has 0 radical (unpaired) electrons. The van der Waals surface area contributed by atoms with Crippen molar-refractivity contribution in [1.82, 2.24) is 0 Å². The van der Waals surface area contributed by atoms with Crippen LogP contribution in [0, 0.1) is 0 Å². The molecular formula is C10H12O4S2. The summed E-state index contributed by atoms with van der Waals surface area (Å²) < 4.78 is 44.8. The molecular weight excluding hydrogens is 248 g/mol. The minimum absolute atomic E-state index is 0.536. The van der Waals surface area contributed by atoms with Crippen molar-refractivity contribution in [3.8, 4) is 0 Å². The van der Waals surface area contributed by atoms with Crippen molar-refractivity contribution < 1.29 is 16.8 Å². The first-order chi connectivity index (χ1) is 7.21. The molecule has 4 nitrogen and oxygen atoms in total. The van der Waals surface area contributed by atoms with E-state index < -0.39 is 23.9 Å². The Morgan fingerprint density at radius 2 is 1.38 bits per heavy atom. The lowest BCUT2D eigenvalue weighted by atomic mass is 10.2. The van der Waals surface area contributed by atoms with Crippen molar-refractivity contribution in [2.24, 2.45) is 0 Å². The highest BCUT2D eigenvalue weighted by Gasteiger charge is 2.22. The van der Waals surface area contributed by atoms with Gasteiger partial charge in [0.05, 0.1) is 0 Å². The van der Waals surface area contributed by atoms with Crippen LogP contribution >= 0.6 is 0 Å². The van der Waals surface area contributed by atoms with E-state index in [-0.39, 0.29) is 0 Å². The Morgan fingerprint density at radius 1 is 0.938 bits per heavy atom. The minimum atomic E-state index is -3.75. The summed E-state index contributed by atoms with van der Waals surface area (Å²) in [6, 6.07) is 8.44. The number of benzene rings is 1. The highest BCUT2D eigenvalue weighted by Crippen LogP contribution is 2.16. The van der Waals surface area contributed by atoms with Crippen molar-refractivity contribution in [2.75, 3.05) is 12.5 Å². The molecule has 0 saturated heterocycles. The van der Waals surface area contributed by atoms with Crippen LogP contribution in [0.15, 0.2) is 34.6 Å². The van der Waals surface area contributed by atoms with Crippen LogP contribution in [0.4, 0.5) is 0 Å². The van der Waals surface area contributed by atoms with Gasteiger partial charge in [-0.15, -0.1) is 0 Å². The van der Waals surface area contributed by atoms with Crippen LogP contribution in [0.2, 0.25) is 0 Å². The molecule has 88 valence electrons. The van der Waals surface area contributed by atoms with Gasteiger partial charge in [0, 0.05) is 12.5 Å². The molecule has 1 aromatic carbocycles. The van der Waals surface area contributed by atoms with E-state index >= 15 is 0 Å². The molecule has 0 heterocycles. The zero-order valence-corrected chi connectivity index (χ0v) is 10.5. The minimum Gasteiger partial charge on any atom is -0.223 e. The van der Waals surface area contributed by atoms with Gasteiger partial charge in [-0.1, -0.05) is 30.3 Å². The van der Waals surface area contributed by atoms with Gasteiger partial charge in [0.2, 0.25) is 0 Å². The Bertz CT molecular complexity index is 561. The SMILES string of the molecule is CS(=O)(=O)C(=Cc1ccccc1)S(C)(=O)=O. The molecule has 6 heteroatoms. The number of rotatable bonds is 3. The Balaban J connectivity index is 3.42. The molecule has 1 rings (SSSR count). The highest BCUT2D eigenvalue weighted by atomic mass is 32.3. The van der Waals surface area contributed by atoms with Crippen molar-refractivity contribution in [3.63, 3.8) is 0 Å². The van der Waals surface area contributed by atoms with Crippen LogP contribution in [-0.2, 0) is 19.7 Å². The van der Waals surface area contributed by atoms with E-state index in [1.807, 2.05) is 0 Å². The molecule has 0 aliphatic heterocycles. The smallest absolute Gasteiger partial charge is 0.186 e. The third-order valence-electron chi connectivity index (χ3n) is 1.81. The summed E-state index contributed by atoms with van der Waals surface area (Å²) in [5.74, 6) is 0. The third kappa shape index (κ3) is 3.46. The average molecular weight is 260 g/mol. The molecule has 0 spiro atoms. The second-order valence-electron chi connectivity index (χ2n) is 3.42. The largest absolute Gasteiger partial charge is 0.223 e. The summed E-state index contributed by atoms with van der Waals surface area (Å²) in [6.07, 6.45) is 2.91. The summed E-state index contributed by atoms with van der Waals surface area (Å²) in [4.78, 5) is 0. The summed E-state index contributed by atoms with van der Waals surface area (Å²) in [5, 5.41) is 0. The third-order valence-corrected chi connectivity index (χ3v) is 5.33. The first-order valence-corrected chi connectivity index (χ1v) is 8.16. The second-order valence-corrected chi connectivity index (χ2v) is 7.65. The van der Waals surface area contributed by atoms with Gasteiger partial charge in [-0.2, -0.15) is 0 Å². The van der Waals surface area contributed by atoms with E-state index in [2.05, 4.69) is 0 Å². The van der Waals surface area contributed by atoms with E-state index in [1.165, 1.54) is 0 Å². The lowest BCUT2D eigenvalue weighted by Crippen LogP contribution is -2.11. The summed E-state index contributed by atoms with van der Waals surface area (Å²) in [6.45, 7) is 0. The molecule has 0 N–H and O–H groups in total. The molecule has 16 heavy (non-hydrogen) atoms. The Morgan fingerprint density at radius 3 is 1.75 bits per heavy atom. The lowest BCUT2D eigenvalue weighted by Gasteiger charge is -2.02. The lowest BCUT2D eigenvalue weighted by molar-refractivity contribution is 0.601. The molecule has 0 atom stereocenters. The molecule has 0 amide bonds. The van der Waals surface area contributed by atoms with E-state index in [9.17, 15) is 16.8 Å². The molecule has 0 unspecified atom stereocenters. The molecule has 0 fully saturated rings. The Kier molecular flexibility index (Phi) is 3.54. The molecule has 0 aromatic heterocycles. The van der Waals surface area contributed by atoms with Gasteiger partial charge in [0.15, 0.2) is 23.9 Å². The maximum atomic E-state index is 11.3. The molecule has 0 saturated carbocycles. The van der Waals surface area contributed by atoms with Gasteiger partial charge in [0.1, 0.15) is 0 Å². The van der Waals surface area contributed by atoms with Crippen molar-refractivity contribution in [2.45, 2.75) is 0 Å². The van der Waals surface area contributed by atoms with E-state index in [4.69, 9.17) is 0 Å². The predicted octanol–water partition coefficient (Wildman–Crippen LogP) is 1.07. The summed E-state index contributed by atoms with van der Waals surface area (Å²) in [7, 11) is -7.50. The average Bonchev–Trinajstić information content (AvgIpc) is 2.12. The Hall–Kier alpha value is -1.14. The maximum Gasteiger partial charge on any atom is 0.186 e. The van der Waals surface area contributed by atoms with E-state index in [0.29, 0.717) is 5.56 Å². The zero-order chi connectivity index (χ0) is 12.4. The summed E-state index contributed by atoms with van der Waals surface area (Å²) >= 11 is 0. The van der Waals surface area contributed by atoms with Crippen LogP contribution in [0.3, 0.4) is 0 Å². The molecule has 0 aliphatic carbocycles. The van der Waals surface area contributed by atoms with Crippen LogP contribution in [0.1, 0.15) is 5.56 Å². The standard InChI is InChI=1S/C10H12O4S2/c1-15(11,12)10(16(2,13)14)8-9-6-4-3-5-7-9/h3-8H,1-2H3. The number of hydrogen-bond acceptors (Lipinski definition) is 4. The van der Waals surface area contributed by atoms with Crippen molar-refractivity contribution in [1.29, 1.82) is 0 Å². The van der Waals surface area contributed by atoms with Gasteiger partial charge in [-0.05, 0) is 11.6 Å². The molecule has 0 bridgehead atoms. The van der Waals surface area contributed by atoms with Crippen molar-refractivity contribution in [3.05, 3.63) is 40.1 Å². The topological polar surface area (TPSA) is 68.3 Å². The fourth-order valence-corrected chi connectivity index (χ4v) is 4.07. The number of sulfone groups is 2. The normalized spacial score (nSPS) is 12.1. The first-order valence-electron chi connectivity index (χ1n) is 4.38. The molecule has 0 aliphatic rings.